The number of hydrogen-bond acceptors (Lipinski definition) is 8. The fourth-order valence-electron chi connectivity index (χ4n) is 7.96. The number of carbonyl (C=O) groups is 2. The minimum absolute atomic E-state index is 0.00150. The van der Waals surface area contributed by atoms with Crippen molar-refractivity contribution >= 4 is 23.1 Å². The summed E-state index contributed by atoms with van der Waals surface area (Å²) in [6.07, 6.45) is 2.81. The molecule has 1 aliphatic heterocycles. The van der Waals surface area contributed by atoms with Crippen LogP contribution in [0.15, 0.2) is 28.8 Å². The SMILES string of the molecule is CC1=C[C@]23C(=O)[C@@H](C=C4COC(C)(C)O[C@H]4[C@]2(O)[C@H]1OC(=O)c1ncsc1C)[C@H]1[C@@H](C[C@H]3C)C1(C)C. The maximum Gasteiger partial charge on any atom is 0.358 e. The van der Waals surface area contributed by atoms with E-state index in [2.05, 4.69) is 25.8 Å². The van der Waals surface area contributed by atoms with Crippen molar-refractivity contribution in [1.29, 1.82) is 0 Å². The average Bonchev–Trinajstić information content (AvgIpc) is 3.05. The molecular weight excluding hydrogens is 478 g/mol. The van der Waals surface area contributed by atoms with Crippen LogP contribution in [0, 0.1) is 41.4 Å². The van der Waals surface area contributed by atoms with Crippen LogP contribution in [0.3, 0.4) is 0 Å². The number of ether oxygens (including phenoxy) is 3. The highest BCUT2D eigenvalue weighted by Gasteiger charge is 2.77. The number of aryl methyl sites for hydroxylation is 1. The van der Waals surface area contributed by atoms with Crippen molar-refractivity contribution < 1.29 is 28.9 Å². The summed E-state index contributed by atoms with van der Waals surface area (Å²) in [5.41, 5.74) is 0.247. The first kappa shape index (κ1) is 24.5. The summed E-state index contributed by atoms with van der Waals surface area (Å²) in [6, 6.07) is 0. The number of hydrogen-bond donors (Lipinski definition) is 1. The number of Topliss-reactive ketones (excluding diaryl/α,β-unsaturated/α-hetero) is 1. The quantitative estimate of drug-likeness (QED) is 0.467. The van der Waals surface area contributed by atoms with Crippen molar-refractivity contribution in [2.24, 2.45) is 34.5 Å². The molecule has 0 unspecified atom stereocenters. The maximum absolute atomic E-state index is 14.7. The lowest BCUT2D eigenvalue weighted by Crippen LogP contribution is -2.68. The van der Waals surface area contributed by atoms with Gasteiger partial charge in [0.15, 0.2) is 29.0 Å². The predicted octanol–water partition coefficient (Wildman–Crippen LogP) is 4.24. The van der Waals surface area contributed by atoms with E-state index >= 15 is 0 Å². The van der Waals surface area contributed by atoms with E-state index in [-0.39, 0.29) is 41.3 Å². The number of esters is 1. The fraction of sp³-hybridized carbons (Fsp3) is 0.679. The van der Waals surface area contributed by atoms with Gasteiger partial charge >= 0.3 is 5.97 Å². The molecule has 2 bridgehead atoms. The van der Waals surface area contributed by atoms with Crippen LogP contribution in [0.25, 0.3) is 0 Å². The summed E-state index contributed by atoms with van der Waals surface area (Å²) in [5, 5.41) is 13.0. The van der Waals surface area contributed by atoms with Gasteiger partial charge in [-0.2, -0.15) is 0 Å². The van der Waals surface area contributed by atoms with Crippen LogP contribution in [0.5, 0.6) is 0 Å². The molecule has 8 heteroatoms. The molecule has 2 heterocycles. The molecule has 0 radical (unpaired) electrons. The van der Waals surface area contributed by atoms with Crippen LogP contribution in [-0.4, -0.2) is 52.0 Å². The summed E-state index contributed by atoms with van der Waals surface area (Å²) in [4.78, 5) is 32.9. The Hall–Kier alpha value is -1.87. The standard InChI is InChI=1S/C28H35NO6S/c1-13-10-27-14(2)8-18-19(25(18,4)5)17(21(27)30)9-16-11-33-26(6,7)35-23(16)28(27,32)22(13)34-24(31)20-15(3)36-12-29-20/h9-10,12,14,17-19,22-23,32H,8,11H2,1-7H3/t14-,17+,18-,19+,22+,23-,27+,28-/m1/s1. The first-order chi connectivity index (χ1) is 16.8. The van der Waals surface area contributed by atoms with Gasteiger partial charge in [-0.3, -0.25) is 4.79 Å². The van der Waals surface area contributed by atoms with Gasteiger partial charge in [-0.05, 0) is 68.4 Å². The molecule has 3 fully saturated rings. The van der Waals surface area contributed by atoms with Crippen LogP contribution in [-0.2, 0) is 19.0 Å². The predicted molar refractivity (Wildman–Crippen MR) is 133 cm³/mol. The van der Waals surface area contributed by atoms with Crippen LogP contribution in [0.2, 0.25) is 0 Å². The van der Waals surface area contributed by atoms with Gasteiger partial charge in [-0.25, -0.2) is 9.78 Å². The first-order valence-electron chi connectivity index (χ1n) is 12.8. The second-order valence-electron chi connectivity index (χ2n) is 12.5. The number of allylic oxidation sites excluding steroid dienone is 1. The van der Waals surface area contributed by atoms with Gasteiger partial charge in [-0.15, -0.1) is 11.3 Å². The molecule has 194 valence electrons. The van der Waals surface area contributed by atoms with Gasteiger partial charge in [0.05, 0.1) is 17.5 Å². The van der Waals surface area contributed by atoms with Crippen molar-refractivity contribution in [3.05, 3.63) is 39.4 Å². The Morgan fingerprint density at radius 3 is 2.64 bits per heavy atom. The number of carbonyl (C=O) groups excluding carboxylic acids is 2. The summed E-state index contributed by atoms with van der Waals surface area (Å²) >= 11 is 1.36. The van der Waals surface area contributed by atoms with E-state index in [1.165, 1.54) is 11.3 Å². The third-order valence-corrected chi connectivity index (χ3v) is 10.6. The van der Waals surface area contributed by atoms with Crippen LogP contribution >= 0.6 is 11.3 Å². The van der Waals surface area contributed by atoms with E-state index in [4.69, 9.17) is 14.2 Å². The summed E-state index contributed by atoms with van der Waals surface area (Å²) in [5.74, 6) is -1.52. The number of thiazole rings is 1. The number of aliphatic hydroxyl groups is 1. The van der Waals surface area contributed by atoms with Crippen molar-refractivity contribution in [2.45, 2.75) is 78.5 Å². The second kappa shape index (κ2) is 7.37. The lowest BCUT2D eigenvalue weighted by atomic mass is 9.59. The normalized spacial score (nSPS) is 43.7. The largest absolute Gasteiger partial charge is 0.450 e. The van der Waals surface area contributed by atoms with E-state index in [9.17, 15) is 14.7 Å². The Morgan fingerprint density at radius 1 is 1.25 bits per heavy atom. The number of rotatable bonds is 2. The number of aromatic nitrogens is 1. The molecular formula is C28H35NO6S. The first-order valence-corrected chi connectivity index (χ1v) is 13.7. The molecule has 2 saturated carbocycles. The van der Waals surface area contributed by atoms with Gasteiger partial charge < -0.3 is 19.3 Å². The van der Waals surface area contributed by atoms with Gasteiger partial charge in [0.2, 0.25) is 0 Å². The average molecular weight is 514 g/mol. The lowest BCUT2D eigenvalue weighted by Gasteiger charge is -2.52. The molecule has 6 rings (SSSR count). The molecule has 1 aromatic heterocycles. The molecule has 1 saturated heterocycles. The monoisotopic (exact) mass is 513 g/mol. The Kier molecular flexibility index (Phi) is 5.01. The van der Waals surface area contributed by atoms with Crippen LogP contribution in [0.1, 0.15) is 63.3 Å². The van der Waals surface area contributed by atoms with E-state index < -0.39 is 35.0 Å². The van der Waals surface area contributed by atoms with Crippen molar-refractivity contribution in [2.75, 3.05) is 6.61 Å². The lowest BCUT2D eigenvalue weighted by molar-refractivity contribution is -0.302. The third kappa shape index (κ3) is 2.93. The van der Waals surface area contributed by atoms with E-state index in [1.807, 2.05) is 39.8 Å². The molecule has 36 heavy (non-hydrogen) atoms. The summed E-state index contributed by atoms with van der Waals surface area (Å²) in [7, 11) is 0. The molecule has 1 N–H and O–H groups in total. The Bertz CT molecular complexity index is 1230. The molecule has 0 amide bonds. The third-order valence-electron chi connectivity index (χ3n) is 9.83. The topological polar surface area (TPSA) is 95.0 Å². The molecule has 7 nitrogen and oxygen atoms in total. The number of fused-ring (bicyclic) bond motifs is 5. The van der Waals surface area contributed by atoms with Gasteiger partial charge in [0.1, 0.15) is 6.10 Å². The number of nitrogens with zero attached hydrogens (tertiary/aromatic N) is 1. The smallest absolute Gasteiger partial charge is 0.358 e. The maximum atomic E-state index is 14.7. The zero-order valence-corrected chi connectivity index (χ0v) is 22.8. The zero-order chi connectivity index (χ0) is 26.0. The molecule has 4 aliphatic carbocycles. The Labute approximate surface area is 215 Å². The highest BCUT2D eigenvalue weighted by atomic mass is 32.1. The van der Waals surface area contributed by atoms with Crippen molar-refractivity contribution in [1.82, 2.24) is 4.98 Å². The van der Waals surface area contributed by atoms with Crippen LogP contribution in [0.4, 0.5) is 0 Å². The van der Waals surface area contributed by atoms with Crippen molar-refractivity contribution in [3.63, 3.8) is 0 Å². The molecule has 8 atom stereocenters. The van der Waals surface area contributed by atoms with E-state index in [0.717, 1.165) is 16.9 Å². The Balaban J connectivity index is 1.53. The molecule has 0 aromatic carbocycles. The molecule has 1 aromatic rings. The zero-order valence-electron chi connectivity index (χ0n) is 22.0. The molecule has 1 spiro atoms. The highest BCUT2D eigenvalue weighted by Crippen LogP contribution is 2.72. The summed E-state index contributed by atoms with van der Waals surface area (Å²) in [6.45, 7) is 14.1. The number of ketones is 1. The van der Waals surface area contributed by atoms with Gasteiger partial charge in [0, 0.05) is 10.8 Å². The molecule has 5 aliphatic rings. The minimum atomic E-state index is -1.81. The minimum Gasteiger partial charge on any atom is -0.450 e. The van der Waals surface area contributed by atoms with Gasteiger partial charge in [0.25, 0.3) is 0 Å². The highest BCUT2D eigenvalue weighted by molar-refractivity contribution is 7.09. The van der Waals surface area contributed by atoms with Crippen LogP contribution < -0.4 is 0 Å². The van der Waals surface area contributed by atoms with E-state index in [1.54, 1.807) is 5.51 Å². The summed E-state index contributed by atoms with van der Waals surface area (Å²) < 4.78 is 18.5. The Morgan fingerprint density at radius 2 is 1.97 bits per heavy atom. The van der Waals surface area contributed by atoms with E-state index in [0.29, 0.717) is 11.5 Å². The van der Waals surface area contributed by atoms with Crippen molar-refractivity contribution in [3.8, 4) is 0 Å². The second-order valence-corrected chi connectivity index (χ2v) is 13.6. The van der Waals surface area contributed by atoms with Gasteiger partial charge in [-0.1, -0.05) is 32.9 Å². The fourth-order valence-corrected chi connectivity index (χ4v) is 8.53.